The van der Waals surface area contributed by atoms with Crippen molar-refractivity contribution in [3.05, 3.63) is 58.1 Å². The molecule has 0 fully saturated rings. The predicted octanol–water partition coefficient (Wildman–Crippen LogP) is 3.76. The van der Waals surface area contributed by atoms with E-state index in [-0.39, 0.29) is 0 Å². The lowest BCUT2D eigenvalue weighted by Gasteiger charge is -2.07. The van der Waals surface area contributed by atoms with E-state index in [1.807, 2.05) is 42.5 Å². The molecule has 0 aliphatic rings. The van der Waals surface area contributed by atoms with E-state index in [4.69, 9.17) is 15.2 Å². The Kier molecular flexibility index (Phi) is 4.82. The van der Waals surface area contributed by atoms with Gasteiger partial charge in [-0.15, -0.1) is 0 Å². The van der Waals surface area contributed by atoms with E-state index >= 15 is 0 Å². The number of nitrogens with two attached hydrogens (primary N) is 1. The highest BCUT2D eigenvalue weighted by atomic mass is 79.9. The van der Waals surface area contributed by atoms with Crippen molar-refractivity contribution in [2.45, 2.75) is 13.2 Å². The van der Waals surface area contributed by atoms with E-state index in [2.05, 4.69) is 15.9 Å². The Balaban J connectivity index is 1.92. The summed E-state index contributed by atoms with van der Waals surface area (Å²) in [5.41, 5.74) is 8.65. The quantitative estimate of drug-likeness (QED) is 0.853. The fraction of sp³-hybridized carbons (Fsp3) is 0.200. The molecule has 0 amide bonds. The molecule has 0 aliphatic carbocycles. The Bertz CT molecular complexity index is 537. The average molecular weight is 322 g/mol. The second-order valence-corrected chi connectivity index (χ2v) is 5.15. The molecule has 4 heteroatoms. The molecule has 2 N–H and O–H groups in total. The van der Waals surface area contributed by atoms with E-state index in [1.54, 1.807) is 7.11 Å². The summed E-state index contributed by atoms with van der Waals surface area (Å²) in [4.78, 5) is 0. The van der Waals surface area contributed by atoms with Gasteiger partial charge < -0.3 is 15.2 Å². The molecule has 3 nitrogen and oxygen atoms in total. The third kappa shape index (κ3) is 4.26. The van der Waals surface area contributed by atoms with Crippen LogP contribution in [0.1, 0.15) is 11.1 Å². The van der Waals surface area contributed by atoms with Gasteiger partial charge in [0.2, 0.25) is 0 Å². The first-order valence-electron chi connectivity index (χ1n) is 5.93. The van der Waals surface area contributed by atoms with Crippen molar-refractivity contribution in [3.63, 3.8) is 0 Å². The van der Waals surface area contributed by atoms with Gasteiger partial charge in [-0.3, -0.25) is 0 Å². The van der Waals surface area contributed by atoms with Gasteiger partial charge in [0.15, 0.2) is 0 Å². The smallest absolute Gasteiger partial charge is 0.119 e. The number of halogens is 1. The summed E-state index contributed by atoms with van der Waals surface area (Å²) in [5.74, 6) is 0.841. The highest BCUT2D eigenvalue weighted by Crippen LogP contribution is 2.19. The van der Waals surface area contributed by atoms with Gasteiger partial charge in [0.25, 0.3) is 0 Å². The Hall–Kier alpha value is -1.52. The maximum atomic E-state index is 5.78. The molecule has 0 saturated heterocycles. The molecule has 0 bridgehead atoms. The summed E-state index contributed by atoms with van der Waals surface area (Å²) in [5, 5.41) is 0. The highest BCUT2D eigenvalue weighted by molar-refractivity contribution is 9.10. The van der Waals surface area contributed by atoms with Gasteiger partial charge in [0.1, 0.15) is 5.75 Å². The number of hydrogen-bond donors (Lipinski definition) is 1. The first kappa shape index (κ1) is 13.9. The zero-order valence-corrected chi connectivity index (χ0v) is 12.3. The molecule has 0 unspecified atom stereocenters. The number of anilines is 1. The van der Waals surface area contributed by atoms with Crippen LogP contribution in [0.4, 0.5) is 5.69 Å². The molecular weight excluding hydrogens is 306 g/mol. The third-order valence-corrected chi connectivity index (χ3v) is 3.11. The van der Waals surface area contributed by atoms with Crippen LogP contribution < -0.4 is 10.5 Å². The third-order valence-electron chi connectivity index (χ3n) is 2.65. The fourth-order valence-corrected chi connectivity index (χ4v) is 2.37. The first-order valence-corrected chi connectivity index (χ1v) is 6.72. The van der Waals surface area contributed by atoms with Crippen molar-refractivity contribution >= 4 is 21.6 Å². The van der Waals surface area contributed by atoms with Gasteiger partial charge in [-0.1, -0.05) is 28.1 Å². The van der Waals surface area contributed by atoms with Crippen molar-refractivity contribution in [3.8, 4) is 5.75 Å². The lowest BCUT2D eigenvalue weighted by Crippen LogP contribution is -1.96. The molecule has 0 spiro atoms. The van der Waals surface area contributed by atoms with Crippen LogP contribution in [0.2, 0.25) is 0 Å². The summed E-state index contributed by atoms with van der Waals surface area (Å²) < 4.78 is 11.8. The van der Waals surface area contributed by atoms with Crippen molar-refractivity contribution < 1.29 is 9.47 Å². The summed E-state index contributed by atoms with van der Waals surface area (Å²) >= 11 is 3.42. The van der Waals surface area contributed by atoms with Crippen LogP contribution in [0.15, 0.2) is 46.9 Å². The topological polar surface area (TPSA) is 44.5 Å². The molecule has 0 atom stereocenters. The Morgan fingerprint density at radius 3 is 2.58 bits per heavy atom. The average Bonchev–Trinajstić information content (AvgIpc) is 2.38. The highest BCUT2D eigenvalue weighted by Gasteiger charge is 2.00. The summed E-state index contributed by atoms with van der Waals surface area (Å²) in [6.07, 6.45) is 0. The van der Waals surface area contributed by atoms with Gasteiger partial charge in [0.05, 0.1) is 20.3 Å². The molecule has 19 heavy (non-hydrogen) atoms. The standard InChI is InChI=1S/C15H16BrNO2/c1-18-15-4-2-3-11(7-15)9-19-10-12-5-13(16)8-14(17)6-12/h2-8H,9-10,17H2,1H3. The molecule has 0 aliphatic heterocycles. The van der Waals surface area contributed by atoms with E-state index in [1.165, 1.54) is 0 Å². The maximum Gasteiger partial charge on any atom is 0.119 e. The molecule has 0 radical (unpaired) electrons. The number of rotatable bonds is 5. The van der Waals surface area contributed by atoms with Crippen LogP contribution in [-0.4, -0.2) is 7.11 Å². The molecule has 2 aromatic carbocycles. The van der Waals surface area contributed by atoms with Crippen molar-refractivity contribution in [1.82, 2.24) is 0 Å². The number of hydrogen-bond acceptors (Lipinski definition) is 3. The minimum atomic E-state index is 0.529. The number of nitrogen functional groups attached to an aromatic ring is 1. The number of methoxy groups -OCH3 is 1. The van der Waals surface area contributed by atoms with Crippen molar-refractivity contribution in [2.75, 3.05) is 12.8 Å². The lowest BCUT2D eigenvalue weighted by molar-refractivity contribution is 0.107. The first-order chi connectivity index (χ1) is 9.17. The van der Waals surface area contributed by atoms with Crippen LogP contribution in [0.3, 0.4) is 0 Å². The fourth-order valence-electron chi connectivity index (χ4n) is 1.81. The second-order valence-electron chi connectivity index (χ2n) is 4.24. The second kappa shape index (κ2) is 6.59. The van der Waals surface area contributed by atoms with Crippen LogP contribution in [0.25, 0.3) is 0 Å². The van der Waals surface area contributed by atoms with E-state index in [0.717, 1.165) is 27.0 Å². The van der Waals surface area contributed by atoms with Crippen molar-refractivity contribution in [2.24, 2.45) is 0 Å². The SMILES string of the molecule is COc1cccc(COCc2cc(N)cc(Br)c2)c1. The normalized spacial score (nSPS) is 10.4. The number of benzene rings is 2. The van der Waals surface area contributed by atoms with E-state index in [0.29, 0.717) is 13.2 Å². The molecule has 2 aromatic rings. The Morgan fingerprint density at radius 1 is 1.05 bits per heavy atom. The monoisotopic (exact) mass is 321 g/mol. The minimum Gasteiger partial charge on any atom is -0.497 e. The van der Waals surface area contributed by atoms with Crippen LogP contribution >= 0.6 is 15.9 Å². The summed E-state index contributed by atoms with van der Waals surface area (Å²) in [6.45, 7) is 1.07. The largest absolute Gasteiger partial charge is 0.497 e. The Labute approximate surface area is 121 Å². The van der Waals surface area contributed by atoms with Gasteiger partial charge in [-0.2, -0.15) is 0 Å². The molecule has 0 saturated carbocycles. The Morgan fingerprint density at radius 2 is 1.84 bits per heavy atom. The summed E-state index contributed by atoms with van der Waals surface area (Å²) in [7, 11) is 1.66. The van der Waals surface area contributed by atoms with Gasteiger partial charge >= 0.3 is 0 Å². The van der Waals surface area contributed by atoms with Gasteiger partial charge in [0, 0.05) is 10.2 Å². The molecule has 0 aromatic heterocycles. The zero-order valence-electron chi connectivity index (χ0n) is 10.7. The number of ether oxygens (including phenoxy) is 2. The van der Waals surface area contributed by atoms with Crippen LogP contribution in [-0.2, 0) is 18.0 Å². The lowest BCUT2D eigenvalue weighted by atomic mass is 10.2. The molecular formula is C15H16BrNO2. The predicted molar refractivity (Wildman–Crippen MR) is 80.0 cm³/mol. The zero-order chi connectivity index (χ0) is 13.7. The van der Waals surface area contributed by atoms with Crippen LogP contribution in [0, 0.1) is 0 Å². The molecule has 100 valence electrons. The maximum absolute atomic E-state index is 5.78. The minimum absolute atomic E-state index is 0.529. The van der Waals surface area contributed by atoms with E-state index in [9.17, 15) is 0 Å². The van der Waals surface area contributed by atoms with Crippen molar-refractivity contribution in [1.29, 1.82) is 0 Å². The van der Waals surface area contributed by atoms with Gasteiger partial charge in [-0.05, 0) is 41.5 Å². The van der Waals surface area contributed by atoms with E-state index < -0.39 is 0 Å². The van der Waals surface area contributed by atoms with Crippen LogP contribution in [0.5, 0.6) is 5.75 Å². The summed E-state index contributed by atoms with van der Waals surface area (Å²) in [6, 6.07) is 13.6. The molecule has 2 rings (SSSR count). The molecule has 0 heterocycles. The van der Waals surface area contributed by atoms with Gasteiger partial charge in [-0.25, -0.2) is 0 Å².